The van der Waals surface area contributed by atoms with Gasteiger partial charge in [0, 0.05) is 11.4 Å². The van der Waals surface area contributed by atoms with Gasteiger partial charge in [-0.25, -0.2) is 0 Å². The molecule has 0 bridgehead atoms. The third-order valence-electron chi connectivity index (χ3n) is 5.16. The Hall–Kier alpha value is -1.59. The first kappa shape index (κ1) is 19.7. The Morgan fingerprint density at radius 1 is 1.07 bits per heavy atom. The van der Waals surface area contributed by atoms with Crippen LogP contribution in [0.2, 0.25) is 5.02 Å². The maximum Gasteiger partial charge on any atom is 0.187 e. The molecule has 2 aromatic carbocycles. The van der Waals surface area contributed by atoms with Crippen molar-refractivity contribution < 1.29 is 18.9 Å². The fourth-order valence-corrected chi connectivity index (χ4v) is 4.14. The minimum absolute atomic E-state index is 0.0237. The monoisotopic (exact) mass is 402 g/mol. The number of hydrogen-bond donors (Lipinski definition) is 0. The van der Waals surface area contributed by atoms with Crippen LogP contribution in [0.1, 0.15) is 43.9 Å². The zero-order valence-electron chi connectivity index (χ0n) is 16.6. The van der Waals surface area contributed by atoms with E-state index in [4.69, 9.17) is 30.5 Å². The van der Waals surface area contributed by atoms with Crippen LogP contribution in [-0.2, 0) is 27.1 Å². The van der Waals surface area contributed by atoms with Crippen molar-refractivity contribution >= 4 is 11.6 Å². The molecule has 2 heterocycles. The van der Waals surface area contributed by atoms with Crippen LogP contribution in [0.15, 0.2) is 42.5 Å². The van der Waals surface area contributed by atoms with Gasteiger partial charge in [-0.3, -0.25) is 0 Å². The SMILES string of the molecule is CCOc1ccc(Cc2cc(CC3CC4OC(C)(C)OC4O3)ccc2Cl)cc1. The van der Waals surface area contributed by atoms with Gasteiger partial charge < -0.3 is 18.9 Å². The average molecular weight is 403 g/mol. The average Bonchev–Trinajstić information content (AvgIpc) is 3.12. The third kappa shape index (κ3) is 4.52. The van der Waals surface area contributed by atoms with Gasteiger partial charge in [0.05, 0.1) is 12.7 Å². The van der Waals surface area contributed by atoms with Gasteiger partial charge in [0.15, 0.2) is 12.1 Å². The van der Waals surface area contributed by atoms with Crippen LogP contribution in [0.4, 0.5) is 0 Å². The topological polar surface area (TPSA) is 36.9 Å². The van der Waals surface area contributed by atoms with E-state index in [9.17, 15) is 0 Å². The van der Waals surface area contributed by atoms with Crippen LogP contribution in [0.3, 0.4) is 0 Å². The zero-order chi connectivity index (χ0) is 19.7. The molecule has 2 aliphatic heterocycles. The summed E-state index contributed by atoms with van der Waals surface area (Å²) in [5, 5.41) is 0.787. The van der Waals surface area contributed by atoms with Crippen LogP contribution in [0.25, 0.3) is 0 Å². The Bertz CT molecular complexity index is 802. The van der Waals surface area contributed by atoms with E-state index in [0.29, 0.717) is 6.61 Å². The van der Waals surface area contributed by atoms with E-state index in [1.54, 1.807) is 0 Å². The first-order chi connectivity index (χ1) is 13.4. The van der Waals surface area contributed by atoms with Gasteiger partial charge in [-0.2, -0.15) is 0 Å². The molecule has 28 heavy (non-hydrogen) atoms. The molecule has 0 radical (unpaired) electrons. The Labute approximate surface area is 171 Å². The van der Waals surface area contributed by atoms with Gasteiger partial charge in [0.2, 0.25) is 0 Å². The van der Waals surface area contributed by atoms with E-state index in [1.165, 1.54) is 11.1 Å². The summed E-state index contributed by atoms with van der Waals surface area (Å²) in [7, 11) is 0. The van der Waals surface area contributed by atoms with Gasteiger partial charge >= 0.3 is 0 Å². The molecule has 0 N–H and O–H groups in total. The molecule has 4 nitrogen and oxygen atoms in total. The summed E-state index contributed by atoms with van der Waals surface area (Å²) in [6.07, 6.45) is 2.34. The molecule has 0 aliphatic carbocycles. The molecule has 0 aromatic heterocycles. The van der Waals surface area contributed by atoms with E-state index in [2.05, 4.69) is 24.3 Å². The van der Waals surface area contributed by atoms with Gasteiger partial charge in [0.25, 0.3) is 0 Å². The lowest BCUT2D eigenvalue weighted by molar-refractivity contribution is -0.204. The van der Waals surface area contributed by atoms with Crippen molar-refractivity contribution in [1.29, 1.82) is 0 Å². The molecule has 2 fully saturated rings. The number of ether oxygens (including phenoxy) is 4. The second-order valence-electron chi connectivity index (χ2n) is 7.92. The van der Waals surface area contributed by atoms with Crippen molar-refractivity contribution in [3.63, 3.8) is 0 Å². The molecule has 2 saturated heterocycles. The Balaban J connectivity index is 1.40. The molecule has 150 valence electrons. The molecule has 3 atom stereocenters. The summed E-state index contributed by atoms with van der Waals surface area (Å²) in [5.74, 6) is 0.341. The number of halogens is 1. The van der Waals surface area contributed by atoms with Crippen LogP contribution in [0.5, 0.6) is 5.75 Å². The summed E-state index contributed by atoms with van der Waals surface area (Å²) in [6, 6.07) is 14.4. The quantitative estimate of drug-likeness (QED) is 0.670. The normalized spacial score (nSPS) is 25.6. The number of rotatable bonds is 6. The van der Waals surface area contributed by atoms with E-state index >= 15 is 0 Å². The Morgan fingerprint density at radius 3 is 2.54 bits per heavy atom. The number of hydrogen-bond acceptors (Lipinski definition) is 4. The summed E-state index contributed by atoms with van der Waals surface area (Å²) >= 11 is 6.46. The van der Waals surface area contributed by atoms with Crippen molar-refractivity contribution in [3.05, 3.63) is 64.2 Å². The highest BCUT2D eigenvalue weighted by atomic mass is 35.5. The molecule has 2 aliphatic rings. The lowest BCUT2D eigenvalue weighted by atomic mass is 9.99. The van der Waals surface area contributed by atoms with Gasteiger partial charge in [-0.1, -0.05) is 35.9 Å². The molecule has 3 unspecified atom stereocenters. The highest BCUT2D eigenvalue weighted by molar-refractivity contribution is 6.31. The summed E-state index contributed by atoms with van der Waals surface area (Å²) < 4.78 is 23.3. The van der Waals surface area contributed by atoms with Crippen LogP contribution < -0.4 is 4.74 Å². The highest BCUT2D eigenvalue weighted by Gasteiger charge is 2.48. The molecule has 5 heteroatoms. The van der Waals surface area contributed by atoms with E-state index in [0.717, 1.165) is 35.6 Å². The number of benzene rings is 2. The van der Waals surface area contributed by atoms with Crippen LogP contribution in [-0.4, -0.2) is 30.9 Å². The van der Waals surface area contributed by atoms with E-state index in [1.807, 2.05) is 39.0 Å². The van der Waals surface area contributed by atoms with E-state index in [-0.39, 0.29) is 18.5 Å². The van der Waals surface area contributed by atoms with Gasteiger partial charge in [-0.05, 0) is 68.5 Å². The van der Waals surface area contributed by atoms with Crippen molar-refractivity contribution in [2.45, 2.75) is 64.3 Å². The molecular weight excluding hydrogens is 376 g/mol. The molecule has 4 rings (SSSR count). The molecular formula is C23H27ClO4. The van der Waals surface area contributed by atoms with Crippen molar-refractivity contribution in [1.82, 2.24) is 0 Å². The predicted octanol–water partition coefficient (Wildman–Crippen LogP) is 5.14. The lowest BCUT2D eigenvalue weighted by Gasteiger charge is -2.20. The molecule has 0 amide bonds. The van der Waals surface area contributed by atoms with E-state index < -0.39 is 5.79 Å². The van der Waals surface area contributed by atoms with Crippen molar-refractivity contribution in [2.24, 2.45) is 0 Å². The van der Waals surface area contributed by atoms with Crippen LogP contribution in [0, 0.1) is 0 Å². The molecule has 2 aromatic rings. The van der Waals surface area contributed by atoms with Crippen LogP contribution >= 0.6 is 11.6 Å². The maximum absolute atomic E-state index is 6.46. The predicted molar refractivity (Wildman–Crippen MR) is 109 cm³/mol. The van der Waals surface area contributed by atoms with Crippen molar-refractivity contribution in [3.8, 4) is 5.75 Å². The summed E-state index contributed by atoms with van der Waals surface area (Å²) in [6.45, 7) is 6.51. The minimum atomic E-state index is -0.550. The Kier molecular flexibility index (Phi) is 5.66. The fourth-order valence-electron chi connectivity index (χ4n) is 3.96. The maximum atomic E-state index is 6.46. The summed E-state index contributed by atoms with van der Waals surface area (Å²) in [4.78, 5) is 0. The highest BCUT2D eigenvalue weighted by Crippen LogP contribution is 2.38. The first-order valence-electron chi connectivity index (χ1n) is 9.92. The largest absolute Gasteiger partial charge is 0.494 e. The second kappa shape index (κ2) is 8.03. The lowest BCUT2D eigenvalue weighted by Crippen LogP contribution is -2.25. The summed E-state index contributed by atoms with van der Waals surface area (Å²) in [5.41, 5.74) is 3.54. The smallest absolute Gasteiger partial charge is 0.187 e. The molecule has 0 spiro atoms. The van der Waals surface area contributed by atoms with Gasteiger partial charge in [0.1, 0.15) is 11.9 Å². The third-order valence-corrected chi connectivity index (χ3v) is 5.53. The fraction of sp³-hybridized carbons (Fsp3) is 0.478. The second-order valence-corrected chi connectivity index (χ2v) is 8.33. The first-order valence-corrected chi connectivity index (χ1v) is 10.3. The number of fused-ring (bicyclic) bond motifs is 1. The van der Waals surface area contributed by atoms with Crippen molar-refractivity contribution in [2.75, 3.05) is 6.61 Å². The zero-order valence-corrected chi connectivity index (χ0v) is 17.4. The van der Waals surface area contributed by atoms with Gasteiger partial charge in [-0.15, -0.1) is 0 Å². The standard InChI is InChI=1S/C23H27ClO4/c1-4-25-18-8-5-15(6-9-18)11-17-12-16(7-10-20(17)24)13-19-14-21-22(26-19)28-23(2,3)27-21/h5-10,12,19,21-22H,4,11,13-14H2,1-3H3. The molecule has 0 saturated carbocycles. The Morgan fingerprint density at radius 2 is 1.82 bits per heavy atom. The minimum Gasteiger partial charge on any atom is -0.494 e.